The Bertz CT molecular complexity index is 1090. The third-order valence-corrected chi connectivity index (χ3v) is 4.12. The van der Waals surface area contributed by atoms with Gasteiger partial charge in [0.2, 0.25) is 0 Å². The summed E-state index contributed by atoms with van der Waals surface area (Å²) in [5, 5.41) is 13.2. The van der Waals surface area contributed by atoms with Crippen LogP contribution in [0.5, 0.6) is 11.5 Å². The summed E-state index contributed by atoms with van der Waals surface area (Å²) in [6.45, 7) is 0. The zero-order chi connectivity index (χ0) is 18.6. The van der Waals surface area contributed by atoms with Crippen LogP contribution in [-0.2, 0) is 0 Å². The fourth-order valence-electron chi connectivity index (χ4n) is 2.81. The summed E-state index contributed by atoms with van der Waals surface area (Å²) >= 11 is 0. The van der Waals surface area contributed by atoms with Gasteiger partial charge in [0.1, 0.15) is 11.3 Å². The number of carboxylic acid groups (broad SMARTS) is 1. The van der Waals surface area contributed by atoms with Crippen molar-refractivity contribution in [2.24, 2.45) is 0 Å². The lowest BCUT2D eigenvalue weighted by Crippen LogP contribution is -1.97. The average Bonchev–Trinajstić information content (AvgIpc) is 2.70. The molecule has 0 saturated carbocycles. The van der Waals surface area contributed by atoms with Crippen LogP contribution in [-0.4, -0.2) is 16.1 Å². The first-order chi connectivity index (χ1) is 13.2. The topological polar surface area (TPSA) is 71.5 Å². The smallest absolute Gasteiger partial charge is 0.335 e. The van der Waals surface area contributed by atoms with Gasteiger partial charge in [-0.25, -0.2) is 4.79 Å². The molecule has 27 heavy (non-hydrogen) atoms. The Morgan fingerprint density at radius 1 is 0.889 bits per heavy atom. The second kappa shape index (κ2) is 7.17. The molecule has 0 radical (unpaired) electrons. The van der Waals surface area contributed by atoms with Gasteiger partial charge in [-0.3, -0.25) is 4.98 Å². The first-order valence-corrected chi connectivity index (χ1v) is 8.42. The van der Waals surface area contributed by atoms with Crippen molar-refractivity contribution in [1.82, 2.24) is 4.98 Å². The number of para-hydroxylation sites is 2. The largest absolute Gasteiger partial charge is 0.478 e. The molecule has 3 aromatic carbocycles. The van der Waals surface area contributed by atoms with Crippen molar-refractivity contribution < 1.29 is 14.6 Å². The fraction of sp³-hybridized carbons (Fsp3) is 0. The van der Waals surface area contributed by atoms with Crippen LogP contribution in [0.25, 0.3) is 10.9 Å². The van der Waals surface area contributed by atoms with E-state index in [9.17, 15) is 4.79 Å². The first-order valence-electron chi connectivity index (χ1n) is 8.42. The number of anilines is 2. The molecule has 132 valence electrons. The molecule has 1 heterocycles. The maximum absolute atomic E-state index is 11.0. The highest BCUT2D eigenvalue weighted by Crippen LogP contribution is 2.33. The standard InChI is InChI=1S/C22H16N2O3/c25-22(26)15-9-11-16(12-10-15)24-19-13-14-23-21-18(19)7-4-8-20(21)27-17-5-2-1-3-6-17/h1-14H,(H,23,24)(H,25,26). The van der Waals surface area contributed by atoms with Crippen molar-refractivity contribution in [3.8, 4) is 11.5 Å². The minimum absolute atomic E-state index is 0.249. The van der Waals surface area contributed by atoms with Gasteiger partial charge < -0.3 is 15.2 Å². The molecule has 0 aliphatic carbocycles. The van der Waals surface area contributed by atoms with E-state index in [4.69, 9.17) is 9.84 Å². The Morgan fingerprint density at radius 2 is 1.67 bits per heavy atom. The number of carbonyl (C=O) groups is 1. The normalized spacial score (nSPS) is 10.5. The van der Waals surface area contributed by atoms with E-state index in [1.165, 1.54) is 0 Å². The highest BCUT2D eigenvalue weighted by atomic mass is 16.5. The maximum atomic E-state index is 11.0. The molecule has 5 nitrogen and oxygen atoms in total. The number of fused-ring (bicyclic) bond motifs is 1. The molecule has 1 aromatic heterocycles. The lowest BCUT2D eigenvalue weighted by atomic mass is 10.1. The van der Waals surface area contributed by atoms with Gasteiger partial charge in [0.15, 0.2) is 5.75 Å². The molecule has 0 spiro atoms. The Labute approximate surface area is 155 Å². The van der Waals surface area contributed by atoms with E-state index in [1.807, 2.05) is 54.6 Å². The van der Waals surface area contributed by atoms with Gasteiger partial charge in [-0.15, -0.1) is 0 Å². The lowest BCUT2D eigenvalue weighted by Gasteiger charge is -2.12. The minimum atomic E-state index is -0.946. The first kappa shape index (κ1) is 16.6. The van der Waals surface area contributed by atoms with Crippen molar-refractivity contribution in [2.45, 2.75) is 0 Å². The Hall–Kier alpha value is -3.86. The number of rotatable bonds is 5. The minimum Gasteiger partial charge on any atom is -0.478 e. The number of ether oxygens (including phenoxy) is 1. The van der Waals surface area contributed by atoms with Crippen LogP contribution in [0.2, 0.25) is 0 Å². The zero-order valence-electron chi connectivity index (χ0n) is 14.3. The molecule has 5 heteroatoms. The summed E-state index contributed by atoms with van der Waals surface area (Å²) in [7, 11) is 0. The lowest BCUT2D eigenvalue weighted by molar-refractivity contribution is 0.0697. The summed E-state index contributed by atoms with van der Waals surface area (Å²) in [5.74, 6) is 0.469. The van der Waals surface area contributed by atoms with Crippen molar-refractivity contribution in [3.05, 3.63) is 90.6 Å². The third-order valence-electron chi connectivity index (χ3n) is 4.12. The quantitative estimate of drug-likeness (QED) is 0.496. The predicted molar refractivity (Wildman–Crippen MR) is 105 cm³/mol. The molecule has 0 aliphatic rings. The highest BCUT2D eigenvalue weighted by molar-refractivity contribution is 5.96. The van der Waals surface area contributed by atoms with Crippen molar-refractivity contribution >= 4 is 28.2 Å². The van der Waals surface area contributed by atoms with Crippen LogP contribution in [0.3, 0.4) is 0 Å². The van der Waals surface area contributed by atoms with Gasteiger partial charge in [-0.1, -0.05) is 30.3 Å². The third kappa shape index (κ3) is 3.57. The van der Waals surface area contributed by atoms with Crippen LogP contribution >= 0.6 is 0 Å². The number of aromatic nitrogens is 1. The van der Waals surface area contributed by atoms with Gasteiger partial charge in [0, 0.05) is 23.0 Å². The molecule has 2 N–H and O–H groups in total. The molecule has 0 saturated heterocycles. The van der Waals surface area contributed by atoms with Crippen LogP contribution in [0.15, 0.2) is 85.1 Å². The summed E-state index contributed by atoms with van der Waals surface area (Å²) in [6, 6.07) is 23.8. The van der Waals surface area contributed by atoms with E-state index in [0.29, 0.717) is 5.75 Å². The molecular weight excluding hydrogens is 340 g/mol. The van der Waals surface area contributed by atoms with Gasteiger partial charge in [-0.2, -0.15) is 0 Å². The van der Waals surface area contributed by atoms with Gasteiger partial charge in [-0.05, 0) is 48.5 Å². The summed E-state index contributed by atoms with van der Waals surface area (Å²) in [4.78, 5) is 15.5. The SMILES string of the molecule is O=C(O)c1ccc(Nc2ccnc3c(Oc4ccccc4)cccc23)cc1. The van der Waals surface area contributed by atoms with Crippen LogP contribution < -0.4 is 10.1 Å². The van der Waals surface area contributed by atoms with Crippen LogP contribution in [0, 0.1) is 0 Å². The van der Waals surface area contributed by atoms with Gasteiger partial charge >= 0.3 is 5.97 Å². The summed E-state index contributed by atoms with van der Waals surface area (Å²) in [6.07, 6.45) is 1.72. The average molecular weight is 356 g/mol. The molecule has 4 rings (SSSR count). The number of hydrogen-bond acceptors (Lipinski definition) is 4. The Balaban J connectivity index is 1.68. The number of hydrogen-bond donors (Lipinski definition) is 2. The van der Waals surface area contributed by atoms with Crippen molar-refractivity contribution in [1.29, 1.82) is 0 Å². The molecular formula is C22H16N2O3. The highest BCUT2D eigenvalue weighted by Gasteiger charge is 2.09. The Kier molecular flexibility index (Phi) is 4.41. The van der Waals surface area contributed by atoms with E-state index >= 15 is 0 Å². The second-order valence-corrected chi connectivity index (χ2v) is 5.93. The monoisotopic (exact) mass is 356 g/mol. The molecule has 0 bridgehead atoms. The Morgan fingerprint density at radius 3 is 2.41 bits per heavy atom. The number of nitrogens with zero attached hydrogens (tertiary/aromatic N) is 1. The zero-order valence-corrected chi connectivity index (χ0v) is 14.3. The van der Waals surface area contributed by atoms with Gasteiger partial charge in [0.25, 0.3) is 0 Å². The number of benzene rings is 3. The van der Waals surface area contributed by atoms with E-state index in [2.05, 4.69) is 10.3 Å². The molecule has 0 atom stereocenters. The molecule has 0 amide bonds. The molecule has 0 unspecified atom stereocenters. The number of carboxylic acids is 1. The summed E-state index contributed by atoms with van der Waals surface area (Å²) in [5.41, 5.74) is 2.65. The van der Waals surface area contributed by atoms with Crippen molar-refractivity contribution in [3.63, 3.8) is 0 Å². The fourth-order valence-corrected chi connectivity index (χ4v) is 2.81. The molecule has 0 fully saturated rings. The second-order valence-electron chi connectivity index (χ2n) is 5.93. The van der Waals surface area contributed by atoms with Gasteiger partial charge in [0.05, 0.1) is 5.56 Å². The number of aromatic carboxylic acids is 1. The van der Waals surface area contributed by atoms with Crippen LogP contribution in [0.4, 0.5) is 11.4 Å². The number of pyridine rings is 1. The maximum Gasteiger partial charge on any atom is 0.335 e. The molecule has 4 aromatic rings. The van der Waals surface area contributed by atoms with E-state index in [-0.39, 0.29) is 5.56 Å². The molecule has 0 aliphatic heterocycles. The van der Waals surface area contributed by atoms with E-state index in [1.54, 1.807) is 30.5 Å². The van der Waals surface area contributed by atoms with Crippen molar-refractivity contribution in [2.75, 3.05) is 5.32 Å². The predicted octanol–water partition coefficient (Wildman–Crippen LogP) is 5.47. The van der Waals surface area contributed by atoms with Crippen LogP contribution in [0.1, 0.15) is 10.4 Å². The number of nitrogens with one attached hydrogen (secondary N) is 1. The van der Waals surface area contributed by atoms with E-state index in [0.717, 1.165) is 28.0 Å². The summed E-state index contributed by atoms with van der Waals surface area (Å²) < 4.78 is 5.98. The van der Waals surface area contributed by atoms with E-state index < -0.39 is 5.97 Å².